The van der Waals surface area contributed by atoms with Gasteiger partial charge in [-0.25, -0.2) is 4.99 Å². The van der Waals surface area contributed by atoms with Crippen LogP contribution in [0.2, 0.25) is 0 Å². The Morgan fingerprint density at radius 3 is 2.67 bits per heavy atom. The monoisotopic (exact) mass is 356 g/mol. The second-order valence-electron chi connectivity index (χ2n) is 4.21. The third-order valence-corrected chi connectivity index (χ3v) is 4.35. The quantitative estimate of drug-likeness (QED) is 0.590. The summed E-state index contributed by atoms with van der Waals surface area (Å²) in [6, 6.07) is 17.4. The molecular weight excluding hydrogens is 348 g/mol. The van der Waals surface area contributed by atoms with Crippen molar-refractivity contribution in [1.82, 2.24) is 0 Å². The van der Waals surface area contributed by atoms with E-state index >= 15 is 0 Å². The van der Waals surface area contributed by atoms with Crippen molar-refractivity contribution in [2.24, 2.45) is 4.99 Å². The van der Waals surface area contributed by atoms with Gasteiger partial charge in [-0.1, -0.05) is 30.3 Å². The molecule has 0 aliphatic rings. The SMILES string of the molecule is N#Cc1cc(-c2ccccc2)oc1N=Cc1ccc(Br)s1. The summed E-state index contributed by atoms with van der Waals surface area (Å²) in [6.07, 6.45) is 1.70. The molecule has 0 saturated heterocycles. The molecule has 0 radical (unpaired) electrons. The molecule has 0 saturated carbocycles. The lowest BCUT2D eigenvalue weighted by Gasteiger charge is -1.93. The van der Waals surface area contributed by atoms with Gasteiger partial charge in [0.05, 0.1) is 3.79 Å². The van der Waals surface area contributed by atoms with Gasteiger partial charge in [-0.3, -0.25) is 0 Å². The average Bonchev–Trinajstić information content (AvgIpc) is 3.12. The highest BCUT2D eigenvalue weighted by Gasteiger charge is 2.11. The van der Waals surface area contributed by atoms with Gasteiger partial charge < -0.3 is 4.42 Å². The third kappa shape index (κ3) is 3.13. The Labute approximate surface area is 134 Å². The highest BCUT2D eigenvalue weighted by molar-refractivity contribution is 9.11. The average molecular weight is 357 g/mol. The molecule has 0 unspecified atom stereocenters. The van der Waals surface area contributed by atoms with Gasteiger partial charge in [0.25, 0.3) is 0 Å². The predicted molar refractivity (Wildman–Crippen MR) is 88.1 cm³/mol. The van der Waals surface area contributed by atoms with Crippen LogP contribution in [0.5, 0.6) is 0 Å². The van der Waals surface area contributed by atoms with Gasteiger partial charge in [-0.05, 0) is 28.1 Å². The van der Waals surface area contributed by atoms with Crippen LogP contribution in [-0.4, -0.2) is 6.21 Å². The molecule has 2 heterocycles. The lowest BCUT2D eigenvalue weighted by atomic mass is 10.1. The molecule has 3 aromatic rings. The zero-order valence-corrected chi connectivity index (χ0v) is 13.2. The molecule has 0 bridgehead atoms. The van der Waals surface area contributed by atoms with Crippen molar-refractivity contribution < 1.29 is 4.42 Å². The molecule has 3 rings (SSSR count). The van der Waals surface area contributed by atoms with Crippen LogP contribution in [0.4, 0.5) is 5.88 Å². The molecule has 102 valence electrons. The molecule has 0 fully saturated rings. The number of benzene rings is 1. The maximum Gasteiger partial charge on any atom is 0.237 e. The van der Waals surface area contributed by atoms with E-state index in [9.17, 15) is 5.26 Å². The molecule has 0 spiro atoms. The largest absolute Gasteiger partial charge is 0.437 e. The van der Waals surface area contributed by atoms with E-state index in [2.05, 4.69) is 27.0 Å². The summed E-state index contributed by atoms with van der Waals surface area (Å²) in [4.78, 5) is 5.27. The number of furan rings is 1. The van der Waals surface area contributed by atoms with Crippen LogP contribution in [-0.2, 0) is 0 Å². The summed E-state index contributed by atoms with van der Waals surface area (Å²) >= 11 is 4.97. The van der Waals surface area contributed by atoms with Crippen LogP contribution in [0.25, 0.3) is 11.3 Å². The number of nitrogens with zero attached hydrogens (tertiary/aromatic N) is 2. The molecule has 0 aliphatic carbocycles. The summed E-state index contributed by atoms with van der Waals surface area (Å²) < 4.78 is 6.73. The second kappa shape index (κ2) is 6.08. The lowest BCUT2D eigenvalue weighted by Crippen LogP contribution is -1.71. The normalized spacial score (nSPS) is 10.9. The smallest absolute Gasteiger partial charge is 0.237 e. The first kappa shape index (κ1) is 13.8. The van der Waals surface area contributed by atoms with Crippen LogP contribution >= 0.6 is 27.3 Å². The van der Waals surface area contributed by atoms with E-state index in [-0.39, 0.29) is 0 Å². The molecule has 21 heavy (non-hydrogen) atoms. The summed E-state index contributed by atoms with van der Waals surface area (Å²) in [5.74, 6) is 0.979. The fourth-order valence-corrected chi connectivity index (χ4v) is 3.12. The molecule has 1 aromatic carbocycles. The minimum absolute atomic E-state index is 0.334. The van der Waals surface area contributed by atoms with Gasteiger partial charge in [0.2, 0.25) is 5.88 Å². The van der Waals surface area contributed by atoms with E-state index in [1.54, 1.807) is 23.6 Å². The fourth-order valence-electron chi connectivity index (χ4n) is 1.82. The standard InChI is InChI=1S/C16H9BrN2OS/c17-15-7-6-13(21-15)10-19-16-12(9-18)8-14(20-16)11-4-2-1-3-5-11/h1-8,10H. The van der Waals surface area contributed by atoms with Crippen molar-refractivity contribution in [3.8, 4) is 17.4 Å². The van der Waals surface area contributed by atoms with E-state index in [0.29, 0.717) is 17.2 Å². The molecule has 0 amide bonds. The highest BCUT2D eigenvalue weighted by Crippen LogP contribution is 2.31. The number of thiophene rings is 1. The van der Waals surface area contributed by atoms with Gasteiger partial charge in [-0.15, -0.1) is 11.3 Å². The van der Waals surface area contributed by atoms with Crippen molar-refractivity contribution in [2.75, 3.05) is 0 Å². The molecule has 0 aliphatic heterocycles. The molecule has 0 N–H and O–H groups in total. The Morgan fingerprint density at radius 1 is 1.19 bits per heavy atom. The molecule has 5 heteroatoms. The van der Waals surface area contributed by atoms with Gasteiger partial charge in [-0.2, -0.15) is 5.26 Å². The number of hydrogen-bond acceptors (Lipinski definition) is 4. The molecule has 0 atom stereocenters. The maximum absolute atomic E-state index is 9.19. The first-order chi connectivity index (χ1) is 10.3. The second-order valence-corrected chi connectivity index (χ2v) is 6.70. The van der Waals surface area contributed by atoms with Crippen molar-refractivity contribution in [3.63, 3.8) is 0 Å². The van der Waals surface area contributed by atoms with Crippen LogP contribution in [0.1, 0.15) is 10.4 Å². The van der Waals surface area contributed by atoms with Crippen molar-refractivity contribution >= 4 is 39.4 Å². The number of rotatable bonds is 3. The van der Waals surface area contributed by atoms with Crippen LogP contribution in [0.3, 0.4) is 0 Å². The minimum atomic E-state index is 0.334. The number of hydrogen-bond donors (Lipinski definition) is 0. The number of aliphatic imine (C=N–C) groups is 1. The summed E-state index contributed by atoms with van der Waals surface area (Å²) in [5, 5.41) is 9.19. The lowest BCUT2D eigenvalue weighted by molar-refractivity contribution is 0.592. The summed E-state index contributed by atoms with van der Waals surface area (Å²) in [6.45, 7) is 0. The summed E-state index contributed by atoms with van der Waals surface area (Å²) in [5.41, 5.74) is 1.36. The van der Waals surface area contributed by atoms with Gasteiger partial charge in [0.15, 0.2) is 0 Å². The van der Waals surface area contributed by atoms with E-state index in [4.69, 9.17) is 4.42 Å². The van der Waals surface area contributed by atoms with E-state index in [1.807, 2.05) is 42.5 Å². The van der Waals surface area contributed by atoms with Crippen molar-refractivity contribution in [2.45, 2.75) is 0 Å². The zero-order chi connectivity index (χ0) is 14.7. The zero-order valence-electron chi connectivity index (χ0n) is 10.8. The maximum atomic E-state index is 9.19. The van der Waals surface area contributed by atoms with Gasteiger partial charge in [0.1, 0.15) is 17.4 Å². The third-order valence-electron chi connectivity index (χ3n) is 2.79. The topological polar surface area (TPSA) is 49.3 Å². The van der Waals surface area contributed by atoms with Crippen molar-refractivity contribution in [1.29, 1.82) is 5.26 Å². The molecule has 2 aromatic heterocycles. The van der Waals surface area contributed by atoms with E-state index in [1.165, 1.54) is 0 Å². The summed E-state index contributed by atoms with van der Waals surface area (Å²) in [7, 11) is 0. The van der Waals surface area contributed by atoms with E-state index < -0.39 is 0 Å². The number of halogens is 1. The Kier molecular flexibility index (Phi) is 4.00. The minimum Gasteiger partial charge on any atom is -0.437 e. The number of nitriles is 1. The van der Waals surface area contributed by atoms with Crippen molar-refractivity contribution in [3.05, 3.63) is 62.8 Å². The van der Waals surface area contributed by atoms with Crippen LogP contribution in [0.15, 0.2) is 61.7 Å². The highest BCUT2D eigenvalue weighted by atomic mass is 79.9. The van der Waals surface area contributed by atoms with Gasteiger partial charge >= 0.3 is 0 Å². The van der Waals surface area contributed by atoms with Gasteiger partial charge in [0, 0.05) is 22.7 Å². The molecular formula is C16H9BrN2OS. The first-order valence-electron chi connectivity index (χ1n) is 6.15. The van der Waals surface area contributed by atoms with Crippen LogP contribution in [0, 0.1) is 11.3 Å². The predicted octanol–water partition coefficient (Wildman–Crippen LogP) is 5.39. The fraction of sp³-hybridized carbons (Fsp3) is 0. The first-order valence-corrected chi connectivity index (χ1v) is 7.76. The molecule has 3 nitrogen and oxygen atoms in total. The Balaban J connectivity index is 1.94. The van der Waals surface area contributed by atoms with E-state index in [0.717, 1.165) is 14.2 Å². The Hall–Kier alpha value is -2.16. The van der Waals surface area contributed by atoms with Crippen LogP contribution < -0.4 is 0 Å². The Morgan fingerprint density at radius 2 is 2.00 bits per heavy atom. The Bertz CT molecular complexity index is 828.